The molecule has 0 aliphatic rings. The second-order valence-corrected chi connectivity index (χ2v) is 6.77. The van der Waals surface area contributed by atoms with Crippen LogP contribution in [0.2, 0.25) is 0 Å². The van der Waals surface area contributed by atoms with Crippen molar-refractivity contribution in [3.63, 3.8) is 0 Å². The first-order valence-electron chi connectivity index (χ1n) is 9.65. The lowest BCUT2D eigenvalue weighted by molar-refractivity contribution is -0.146. The Morgan fingerprint density at radius 1 is 1.03 bits per heavy atom. The lowest BCUT2D eigenvalue weighted by Crippen LogP contribution is -2.21. The second kappa shape index (κ2) is 11.0. The highest BCUT2D eigenvalue weighted by Crippen LogP contribution is 2.21. The fourth-order valence-electron chi connectivity index (χ4n) is 2.82. The van der Waals surface area contributed by atoms with Gasteiger partial charge in [-0.05, 0) is 55.7 Å². The van der Waals surface area contributed by atoms with Gasteiger partial charge in [0.2, 0.25) is 0 Å². The molecule has 0 saturated carbocycles. The second-order valence-electron chi connectivity index (χ2n) is 6.77. The van der Waals surface area contributed by atoms with Gasteiger partial charge in [-0.15, -0.1) is 0 Å². The molecular formula is C23H27NO5. The molecule has 0 radical (unpaired) electrons. The molecule has 1 N–H and O–H groups in total. The van der Waals surface area contributed by atoms with Gasteiger partial charge in [-0.25, -0.2) is 0 Å². The first-order chi connectivity index (χ1) is 13.9. The van der Waals surface area contributed by atoms with Gasteiger partial charge in [-0.3, -0.25) is 14.4 Å². The zero-order valence-corrected chi connectivity index (χ0v) is 17.1. The van der Waals surface area contributed by atoms with Gasteiger partial charge >= 0.3 is 5.97 Å². The molecule has 6 nitrogen and oxygen atoms in total. The molecule has 2 aromatic carbocycles. The third-order valence-corrected chi connectivity index (χ3v) is 4.44. The normalized spacial score (nSPS) is 10.3. The third kappa shape index (κ3) is 7.07. The van der Waals surface area contributed by atoms with E-state index in [2.05, 4.69) is 12.2 Å². The van der Waals surface area contributed by atoms with Crippen molar-refractivity contribution in [2.45, 2.75) is 39.5 Å². The Hall–Kier alpha value is -3.15. The van der Waals surface area contributed by atoms with Gasteiger partial charge in [-0.1, -0.05) is 25.5 Å². The molecule has 0 aliphatic heterocycles. The van der Waals surface area contributed by atoms with Crippen molar-refractivity contribution in [2.24, 2.45) is 0 Å². The zero-order valence-electron chi connectivity index (χ0n) is 17.1. The summed E-state index contributed by atoms with van der Waals surface area (Å²) in [5.74, 6) is -0.611. The van der Waals surface area contributed by atoms with Crippen LogP contribution in [-0.4, -0.2) is 31.4 Å². The number of hydrogen-bond acceptors (Lipinski definition) is 5. The first kappa shape index (κ1) is 22.1. The summed E-state index contributed by atoms with van der Waals surface area (Å²) in [6, 6.07) is 12.5. The minimum Gasteiger partial charge on any atom is -0.496 e. The summed E-state index contributed by atoms with van der Waals surface area (Å²) in [5, 5.41) is 2.71. The highest BCUT2D eigenvalue weighted by molar-refractivity contribution is 5.95. The Morgan fingerprint density at radius 2 is 1.76 bits per heavy atom. The summed E-state index contributed by atoms with van der Waals surface area (Å²) >= 11 is 0. The van der Waals surface area contributed by atoms with Gasteiger partial charge in [0, 0.05) is 16.8 Å². The summed E-state index contributed by atoms with van der Waals surface area (Å²) in [5.41, 5.74) is 2.89. The fourth-order valence-corrected chi connectivity index (χ4v) is 2.82. The van der Waals surface area contributed by atoms with Gasteiger partial charge in [0.05, 0.1) is 13.5 Å². The molecule has 1 amide bonds. The molecule has 0 saturated heterocycles. The Balaban J connectivity index is 1.86. The first-order valence-corrected chi connectivity index (χ1v) is 9.65. The van der Waals surface area contributed by atoms with Crippen LogP contribution in [0.25, 0.3) is 0 Å². The number of amides is 1. The predicted molar refractivity (Wildman–Crippen MR) is 111 cm³/mol. The van der Waals surface area contributed by atoms with Crippen molar-refractivity contribution in [3.8, 4) is 5.75 Å². The maximum absolute atomic E-state index is 12.1. The average Bonchev–Trinajstić information content (AvgIpc) is 2.71. The SMILES string of the molecule is CCCCc1ccc(NC(=O)COC(=O)Cc2cc(C(C)=O)ccc2OC)cc1. The maximum atomic E-state index is 12.1. The largest absolute Gasteiger partial charge is 0.496 e. The lowest BCUT2D eigenvalue weighted by atomic mass is 10.0. The number of methoxy groups -OCH3 is 1. The van der Waals surface area contributed by atoms with Crippen LogP contribution in [0.3, 0.4) is 0 Å². The van der Waals surface area contributed by atoms with E-state index in [0.717, 1.165) is 19.3 Å². The highest BCUT2D eigenvalue weighted by Gasteiger charge is 2.14. The molecule has 2 aromatic rings. The minimum atomic E-state index is -0.575. The van der Waals surface area contributed by atoms with Crippen molar-refractivity contribution < 1.29 is 23.9 Å². The standard InChI is InChI=1S/C23H27NO5/c1-4-5-6-17-7-10-20(11-8-17)24-22(26)15-29-23(27)14-19-13-18(16(2)25)9-12-21(19)28-3/h7-13H,4-6,14-15H2,1-3H3,(H,24,26). The molecule has 0 aromatic heterocycles. The van der Waals surface area contributed by atoms with E-state index in [-0.39, 0.29) is 18.8 Å². The molecule has 0 aliphatic carbocycles. The topological polar surface area (TPSA) is 81.7 Å². The molecule has 0 spiro atoms. The van der Waals surface area contributed by atoms with Crippen LogP contribution in [0, 0.1) is 0 Å². The van der Waals surface area contributed by atoms with Crippen LogP contribution in [0.4, 0.5) is 5.69 Å². The van der Waals surface area contributed by atoms with Crippen LogP contribution in [0.15, 0.2) is 42.5 Å². The Labute approximate surface area is 171 Å². The van der Waals surface area contributed by atoms with Crippen LogP contribution in [-0.2, 0) is 27.2 Å². The van der Waals surface area contributed by atoms with Crippen molar-refractivity contribution in [1.29, 1.82) is 0 Å². The Bertz CT molecular complexity index is 858. The summed E-state index contributed by atoms with van der Waals surface area (Å²) in [4.78, 5) is 35.7. The number of ketones is 1. The lowest BCUT2D eigenvalue weighted by Gasteiger charge is -2.10. The van der Waals surface area contributed by atoms with Crippen molar-refractivity contribution >= 4 is 23.3 Å². The predicted octanol–water partition coefficient (Wildman–Crippen LogP) is 3.96. The summed E-state index contributed by atoms with van der Waals surface area (Å²) < 4.78 is 10.3. The van der Waals surface area contributed by atoms with E-state index in [1.807, 2.05) is 24.3 Å². The van der Waals surface area contributed by atoms with Crippen LogP contribution >= 0.6 is 0 Å². The van der Waals surface area contributed by atoms with Gasteiger partial charge in [0.1, 0.15) is 5.75 Å². The number of nitrogens with one attached hydrogen (secondary N) is 1. The van der Waals surface area contributed by atoms with E-state index in [4.69, 9.17) is 9.47 Å². The monoisotopic (exact) mass is 397 g/mol. The number of benzene rings is 2. The van der Waals surface area contributed by atoms with E-state index >= 15 is 0 Å². The summed E-state index contributed by atoms with van der Waals surface area (Å²) in [6.45, 7) is 3.21. The molecule has 0 heterocycles. The smallest absolute Gasteiger partial charge is 0.310 e. The van der Waals surface area contributed by atoms with Crippen molar-refractivity contribution in [1.82, 2.24) is 0 Å². The molecule has 29 heavy (non-hydrogen) atoms. The van der Waals surface area contributed by atoms with Gasteiger partial charge < -0.3 is 14.8 Å². The molecule has 0 unspecified atom stereocenters. The third-order valence-electron chi connectivity index (χ3n) is 4.44. The van der Waals surface area contributed by atoms with Crippen molar-refractivity contribution in [3.05, 3.63) is 59.2 Å². The van der Waals surface area contributed by atoms with E-state index in [1.165, 1.54) is 19.6 Å². The minimum absolute atomic E-state index is 0.0936. The number of ether oxygens (including phenoxy) is 2. The van der Waals surface area contributed by atoms with Gasteiger partial charge in [-0.2, -0.15) is 0 Å². The molecular weight excluding hydrogens is 370 g/mol. The summed E-state index contributed by atoms with van der Waals surface area (Å²) in [6.07, 6.45) is 3.18. The van der Waals surface area contributed by atoms with E-state index in [0.29, 0.717) is 22.6 Å². The number of aryl methyl sites for hydroxylation is 1. The van der Waals surface area contributed by atoms with Crippen LogP contribution in [0.1, 0.15) is 48.2 Å². The van der Waals surface area contributed by atoms with E-state index < -0.39 is 11.9 Å². The van der Waals surface area contributed by atoms with Crippen LogP contribution in [0.5, 0.6) is 5.75 Å². The number of hydrogen-bond donors (Lipinski definition) is 1. The fraction of sp³-hybridized carbons (Fsp3) is 0.348. The molecule has 0 bridgehead atoms. The van der Waals surface area contributed by atoms with Gasteiger partial charge in [0.25, 0.3) is 5.91 Å². The number of unbranched alkanes of at least 4 members (excludes halogenated alkanes) is 1. The average molecular weight is 397 g/mol. The molecule has 2 rings (SSSR count). The Kier molecular flexibility index (Phi) is 8.40. The number of carbonyl (C=O) groups excluding carboxylic acids is 3. The molecule has 0 fully saturated rings. The summed E-state index contributed by atoms with van der Waals surface area (Å²) in [7, 11) is 1.48. The number of rotatable bonds is 10. The quantitative estimate of drug-likeness (QED) is 0.485. The number of anilines is 1. The molecule has 0 atom stereocenters. The van der Waals surface area contributed by atoms with Crippen molar-refractivity contribution in [2.75, 3.05) is 19.0 Å². The molecule has 154 valence electrons. The number of carbonyl (C=O) groups is 3. The number of Topliss-reactive ketones (excluding diaryl/α,β-unsaturated/α-hetero) is 1. The highest BCUT2D eigenvalue weighted by atomic mass is 16.5. The van der Waals surface area contributed by atoms with Gasteiger partial charge in [0.15, 0.2) is 12.4 Å². The molecule has 6 heteroatoms. The van der Waals surface area contributed by atoms with Crippen LogP contribution < -0.4 is 10.1 Å². The maximum Gasteiger partial charge on any atom is 0.310 e. The zero-order chi connectivity index (χ0) is 21.2. The number of esters is 1. The van der Waals surface area contributed by atoms with E-state index in [1.54, 1.807) is 18.2 Å². The Morgan fingerprint density at radius 3 is 2.38 bits per heavy atom. The van der Waals surface area contributed by atoms with E-state index in [9.17, 15) is 14.4 Å².